The highest BCUT2D eigenvalue weighted by Gasteiger charge is 2.26. The third-order valence-corrected chi connectivity index (χ3v) is 5.15. The first-order chi connectivity index (χ1) is 14.3. The van der Waals surface area contributed by atoms with Crippen LogP contribution >= 0.6 is 0 Å². The molecule has 0 spiro atoms. The minimum absolute atomic E-state index is 0.139. The van der Waals surface area contributed by atoms with E-state index in [1.807, 2.05) is 69.3 Å². The van der Waals surface area contributed by atoms with Gasteiger partial charge in [-0.05, 0) is 44.4 Å². The number of carbonyl (C=O) groups is 2. The lowest BCUT2D eigenvalue weighted by Crippen LogP contribution is -2.42. The van der Waals surface area contributed by atoms with Crippen LogP contribution in [0.5, 0.6) is 0 Å². The van der Waals surface area contributed by atoms with Gasteiger partial charge in [-0.2, -0.15) is 5.10 Å². The molecule has 2 amide bonds. The van der Waals surface area contributed by atoms with Gasteiger partial charge in [-0.1, -0.05) is 49.4 Å². The van der Waals surface area contributed by atoms with Crippen LogP contribution in [0.4, 0.5) is 0 Å². The lowest BCUT2D eigenvalue weighted by atomic mass is 10.0. The number of benzene rings is 2. The predicted molar refractivity (Wildman–Crippen MR) is 118 cm³/mol. The van der Waals surface area contributed by atoms with Crippen molar-refractivity contribution in [2.45, 2.75) is 40.2 Å². The Balaban J connectivity index is 2.15. The number of nitrogens with zero attached hydrogens (tertiary/aromatic N) is 3. The molecule has 0 saturated heterocycles. The number of nitrogens with two attached hydrogens (primary N) is 1. The van der Waals surface area contributed by atoms with Gasteiger partial charge < -0.3 is 10.6 Å². The van der Waals surface area contributed by atoms with E-state index in [1.54, 1.807) is 10.9 Å². The number of carbonyl (C=O) groups excluding carboxylic acids is 2. The summed E-state index contributed by atoms with van der Waals surface area (Å²) in [7, 11) is 0. The molecule has 3 rings (SSSR count). The van der Waals surface area contributed by atoms with Crippen LogP contribution in [0, 0.1) is 6.92 Å². The maximum absolute atomic E-state index is 13.4. The van der Waals surface area contributed by atoms with Crippen molar-refractivity contribution in [3.8, 4) is 16.9 Å². The summed E-state index contributed by atoms with van der Waals surface area (Å²) < 4.78 is 1.73. The van der Waals surface area contributed by atoms with Crippen LogP contribution in [0.1, 0.15) is 42.3 Å². The summed E-state index contributed by atoms with van der Waals surface area (Å²) in [5, 5.41) is 4.76. The number of rotatable bonds is 7. The van der Waals surface area contributed by atoms with E-state index < -0.39 is 5.91 Å². The number of primary amides is 1. The summed E-state index contributed by atoms with van der Waals surface area (Å²) in [5.74, 6) is -0.810. The van der Waals surface area contributed by atoms with Gasteiger partial charge in [0.25, 0.3) is 5.91 Å². The van der Waals surface area contributed by atoms with Crippen molar-refractivity contribution in [2.24, 2.45) is 5.73 Å². The highest BCUT2D eigenvalue weighted by Crippen LogP contribution is 2.27. The zero-order valence-electron chi connectivity index (χ0n) is 17.9. The highest BCUT2D eigenvalue weighted by atomic mass is 16.2. The predicted octanol–water partition coefficient (Wildman–Crippen LogP) is 3.75. The van der Waals surface area contributed by atoms with Crippen molar-refractivity contribution in [3.05, 3.63) is 71.4 Å². The molecule has 6 heteroatoms. The maximum atomic E-state index is 13.4. The Kier molecular flexibility index (Phi) is 6.35. The second-order valence-corrected chi connectivity index (χ2v) is 7.67. The van der Waals surface area contributed by atoms with Crippen molar-refractivity contribution in [3.63, 3.8) is 0 Å². The Morgan fingerprint density at radius 1 is 1.10 bits per heavy atom. The van der Waals surface area contributed by atoms with Gasteiger partial charge in [-0.25, -0.2) is 4.68 Å². The van der Waals surface area contributed by atoms with Gasteiger partial charge in [0.1, 0.15) is 5.69 Å². The van der Waals surface area contributed by atoms with Crippen molar-refractivity contribution in [1.29, 1.82) is 0 Å². The molecular weight excluding hydrogens is 376 g/mol. The monoisotopic (exact) mass is 404 g/mol. The van der Waals surface area contributed by atoms with E-state index in [-0.39, 0.29) is 18.5 Å². The van der Waals surface area contributed by atoms with Crippen molar-refractivity contribution >= 4 is 11.8 Å². The van der Waals surface area contributed by atoms with E-state index in [2.05, 4.69) is 6.92 Å². The summed E-state index contributed by atoms with van der Waals surface area (Å²) in [6.45, 7) is 7.69. The summed E-state index contributed by atoms with van der Waals surface area (Å²) in [6.07, 6.45) is 2.67. The number of hydrogen-bond donors (Lipinski definition) is 1. The smallest absolute Gasteiger partial charge is 0.258 e. The fraction of sp³-hybridized carbons (Fsp3) is 0.292. The number of aromatic nitrogens is 2. The minimum Gasteiger partial charge on any atom is -0.368 e. The average molecular weight is 405 g/mol. The van der Waals surface area contributed by atoms with Gasteiger partial charge in [-0.15, -0.1) is 0 Å². The molecular formula is C24H28N4O2. The van der Waals surface area contributed by atoms with E-state index >= 15 is 0 Å². The van der Waals surface area contributed by atoms with Crippen LogP contribution in [0.3, 0.4) is 0 Å². The Morgan fingerprint density at radius 3 is 2.33 bits per heavy atom. The molecule has 2 N–H and O–H groups in total. The molecule has 0 radical (unpaired) electrons. The molecule has 0 aliphatic rings. The first-order valence-electron chi connectivity index (χ1n) is 10.2. The number of amides is 2. The summed E-state index contributed by atoms with van der Waals surface area (Å²) >= 11 is 0. The molecule has 0 aliphatic heterocycles. The normalized spacial score (nSPS) is 11.0. The largest absolute Gasteiger partial charge is 0.368 e. The molecule has 1 heterocycles. The Morgan fingerprint density at radius 2 is 1.77 bits per heavy atom. The van der Waals surface area contributed by atoms with E-state index in [4.69, 9.17) is 10.8 Å². The Hall–Kier alpha value is -3.41. The first-order valence-corrected chi connectivity index (χ1v) is 10.2. The molecule has 0 aliphatic carbocycles. The quantitative estimate of drug-likeness (QED) is 0.651. The van der Waals surface area contributed by atoms with Crippen LogP contribution in [0.25, 0.3) is 16.9 Å². The average Bonchev–Trinajstić information content (AvgIpc) is 3.16. The summed E-state index contributed by atoms with van der Waals surface area (Å²) in [5.41, 5.74) is 10.4. The van der Waals surface area contributed by atoms with E-state index in [9.17, 15) is 9.59 Å². The SMILES string of the molecule is CCc1ccc(-c2nn(-c3ccccc3C)cc2C(=O)N(CC(N)=O)C(C)C)cc1. The molecule has 1 aromatic heterocycles. The molecule has 0 saturated carbocycles. The summed E-state index contributed by atoms with van der Waals surface area (Å²) in [4.78, 5) is 26.5. The van der Waals surface area contributed by atoms with Gasteiger partial charge >= 0.3 is 0 Å². The number of hydrogen-bond acceptors (Lipinski definition) is 3. The first kappa shape index (κ1) is 21.3. The third-order valence-electron chi connectivity index (χ3n) is 5.15. The Labute approximate surface area is 177 Å². The zero-order chi connectivity index (χ0) is 21.8. The van der Waals surface area contributed by atoms with Crippen molar-refractivity contribution < 1.29 is 9.59 Å². The van der Waals surface area contributed by atoms with E-state index in [0.29, 0.717) is 11.3 Å². The maximum Gasteiger partial charge on any atom is 0.258 e. The van der Waals surface area contributed by atoms with Crippen molar-refractivity contribution in [1.82, 2.24) is 14.7 Å². The minimum atomic E-state index is -0.544. The number of para-hydroxylation sites is 1. The van der Waals surface area contributed by atoms with Gasteiger partial charge in [0.2, 0.25) is 5.91 Å². The lowest BCUT2D eigenvalue weighted by Gasteiger charge is -2.25. The van der Waals surface area contributed by atoms with E-state index in [1.165, 1.54) is 10.5 Å². The van der Waals surface area contributed by atoms with Gasteiger partial charge in [0.15, 0.2) is 0 Å². The zero-order valence-corrected chi connectivity index (χ0v) is 17.9. The number of aryl methyl sites for hydroxylation is 2. The lowest BCUT2D eigenvalue weighted by molar-refractivity contribution is -0.119. The third kappa shape index (κ3) is 4.43. The second-order valence-electron chi connectivity index (χ2n) is 7.67. The summed E-state index contributed by atoms with van der Waals surface area (Å²) in [6, 6.07) is 15.7. The molecule has 0 atom stereocenters. The Bertz CT molecular complexity index is 1050. The fourth-order valence-corrected chi connectivity index (χ4v) is 3.40. The van der Waals surface area contributed by atoms with Crippen LogP contribution in [-0.4, -0.2) is 39.1 Å². The van der Waals surface area contributed by atoms with E-state index in [0.717, 1.165) is 23.2 Å². The van der Waals surface area contributed by atoms with Crippen molar-refractivity contribution in [2.75, 3.05) is 6.54 Å². The molecule has 2 aromatic carbocycles. The standard InChI is InChI=1S/C24H28N4O2/c1-5-18-10-12-19(13-11-18)23-20(24(30)27(16(2)3)15-22(25)29)14-28(26-23)21-9-7-6-8-17(21)4/h6-14,16H,5,15H2,1-4H3,(H2,25,29). The topological polar surface area (TPSA) is 81.2 Å². The molecule has 0 bridgehead atoms. The molecule has 6 nitrogen and oxygen atoms in total. The molecule has 156 valence electrons. The molecule has 3 aromatic rings. The van der Waals surface area contributed by atoms with Crippen LogP contribution in [0.15, 0.2) is 54.7 Å². The van der Waals surface area contributed by atoms with Gasteiger partial charge in [-0.3, -0.25) is 9.59 Å². The van der Waals surface area contributed by atoms with Gasteiger partial charge in [0.05, 0.1) is 17.8 Å². The van der Waals surface area contributed by atoms with Crippen LogP contribution < -0.4 is 5.73 Å². The fourth-order valence-electron chi connectivity index (χ4n) is 3.40. The highest BCUT2D eigenvalue weighted by molar-refractivity contribution is 6.01. The van der Waals surface area contributed by atoms with Gasteiger partial charge in [0, 0.05) is 17.8 Å². The van der Waals surface area contributed by atoms with Crippen LogP contribution in [0.2, 0.25) is 0 Å². The molecule has 30 heavy (non-hydrogen) atoms. The van der Waals surface area contributed by atoms with Crippen LogP contribution in [-0.2, 0) is 11.2 Å². The molecule has 0 fully saturated rings. The molecule has 0 unspecified atom stereocenters. The second kappa shape index (κ2) is 8.95.